The van der Waals surface area contributed by atoms with Gasteiger partial charge < -0.3 is 14.9 Å². The number of benzene rings is 4. The normalized spacial score (nSPS) is 11.0. The number of rotatable bonds is 2. The van der Waals surface area contributed by atoms with Crippen LogP contribution in [0.1, 0.15) is 0 Å². The van der Waals surface area contributed by atoms with Crippen LogP contribution in [0.5, 0.6) is 23.0 Å². The first-order chi connectivity index (χ1) is 11.2. The molecule has 0 amide bonds. The van der Waals surface area contributed by atoms with Crippen molar-refractivity contribution in [2.45, 2.75) is 0 Å². The first-order valence-electron chi connectivity index (χ1n) is 7.32. The van der Waals surface area contributed by atoms with E-state index in [4.69, 9.17) is 4.74 Å². The standard InChI is InChI=1S/C20H14O3/c21-19-5-1-3-13-7-9-15(11-17(13)19)23-16-10-8-14-4-2-6-20(22)18(14)12-16/h1-12,21-22H. The molecular formula is C20H14O3. The SMILES string of the molecule is Oc1cccc2ccc(Oc3ccc4cccc(O)c4c3)cc12. The second-order valence-electron chi connectivity index (χ2n) is 5.42. The van der Waals surface area contributed by atoms with Crippen molar-refractivity contribution < 1.29 is 14.9 Å². The maximum atomic E-state index is 9.95. The van der Waals surface area contributed by atoms with Crippen molar-refractivity contribution in [3.05, 3.63) is 72.8 Å². The fourth-order valence-corrected chi connectivity index (χ4v) is 2.73. The minimum absolute atomic E-state index is 0.226. The average molecular weight is 302 g/mol. The average Bonchev–Trinajstić information content (AvgIpc) is 2.56. The van der Waals surface area contributed by atoms with Gasteiger partial charge in [0.25, 0.3) is 0 Å². The summed E-state index contributed by atoms with van der Waals surface area (Å²) in [4.78, 5) is 0. The van der Waals surface area contributed by atoms with E-state index in [9.17, 15) is 10.2 Å². The molecule has 0 heterocycles. The summed E-state index contributed by atoms with van der Waals surface area (Å²) in [5, 5.41) is 23.3. The molecule has 23 heavy (non-hydrogen) atoms. The van der Waals surface area contributed by atoms with Crippen LogP contribution in [0.25, 0.3) is 21.5 Å². The summed E-state index contributed by atoms with van der Waals surface area (Å²) in [5.41, 5.74) is 0. The molecule has 0 saturated carbocycles. The molecule has 0 atom stereocenters. The van der Waals surface area contributed by atoms with Crippen molar-refractivity contribution >= 4 is 21.5 Å². The van der Waals surface area contributed by atoms with Crippen LogP contribution in [-0.2, 0) is 0 Å². The van der Waals surface area contributed by atoms with Gasteiger partial charge in [0.1, 0.15) is 23.0 Å². The molecule has 0 unspecified atom stereocenters. The van der Waals surface area contributed by atoms with Gasteiger partial charge in [0.2, 0.25) is 0 Å². The molecule has 0 saturated heterocycles. The highest BCUT2D eigenvalue weighted by atomic mass is 16.5. The van der Waals surface area contributed by atoms with Gasteiger partial charge >= 0.3 is 0 Å². The van der Waals surface area contributed by atoms with Gasteiger partial charge in [-0.25, -0.2) is 0 Å². The van der Waals surface area contributed by atoms with Crippen molar-refractivity contribution in [2.75, 3.05) is 0 Å². The molecule has 0 aliphatic carbocycles. The van der Waals surface area contributed by atoms with E-state index in [2.05, 4.69) is 0 Å². The van der Waals surface area contributed by atoms with Crippen LogP contribution in [0.15, 0.2) is 72.8 Å². The van der Waals surface area contributed by atoms with E-state index in [1.165, 1.54) is 0 Å². The number of hydrogen-bond acceptors (Lipinski definition) is 3. The predicted molar refractivity (Wildman–Crippen MR) is 91.3 cm³/mol. The molecule has 4 aromatic rings. The predicted octanol–water partition coefficient (Wildman–Crippen LogP) is 5.20. The lowest BCUT2D eigenvalue weighted by Gasteiger charge is -2.09. The molecule has 112 valence electrons. The van der Waals surface area contributed by atoms with E-state index >= 15 is 0 Å². The molecule has 0 radical (unpaired) electrons. The highest BCUT2D eigenvalue weighted by Gasteiger charge is 2.05. The van der Waals surface area contributed by atoms with Crippen molar-refractivity contribution in [1.29, 1.82) is 0 Å². The minimum Gasteiger partial charge on any atom is -0.507 e. The van der Waals surface area contributed by atoms with Crippen molar-refractivity contribution in [2.24, 2.45) is 0 Å². The molecule has 0 aliphatic rings. The maximum Gasteiger partial charge on any atom is 0.128 e. The minimum atomic E-state index is 0.226. The summed E-state index contributed by atoms with van der Waals surface area (Å²) in [6.07, 6.45) is 0. The van der Waals surface area contributed by atoms with Crippen molar-refractivity contribution in [3.63, 3.8) is 0 Å². The van der Waals surface area contributed by atoms with E-state index < -0.39 is 0 Å². The zero-order valence-electron chi connectivity index (χ0n) is 12.2. The monoisotopic (exact) mass is 302 g/mol. The first-order valence-corrected chi connectivity index (χ1v) is 7.32. The van der Waals surface area contributed by atoms with Crippen molar-refractivity contribution in [3.8, 4) is 23.0 Å². The summed E-state index contributed by atoms with van der Waals surface area (Å²) < 4.78 is 5.88. The first kappa shape index (κ1) is 13.5. The Bertz CT molecular complexity index is 938. The number of phenols is 2. The second-order valence-corrected chi connectivity index (χ2v) is 5.42. The van der Waals surface area contributed by atoms with Gasteiger partial charge in [0.05, 0.1) is 0 Å². The molecule has 4 rings (SSSR count). The number of ether oxygens (including phenoxy) is 1. The number of aromatic hydroxyl groups is 2. The Balaban J connectivity index is 1.75. The van der Waals surface area contributed by atoms with Crippen LogP contribution in [0.2, 0.25) is 0 Å². The molecule has 0 aliphatic heterocycles. The molecule has 0 fully saturated rings. The summed E-state index contributed by atoms with van der Waals surface area (Å²) in [7, 11) is 0. The third-order valence-corrected chi connectivity index (χ3v) is 3.90. The summed E-state index contributed by atoms with van der Waals surface area (Å²) in [5.74, 6) is 1.72. The third-order valence-electron chi connectivity index (χ3n) is 3.90. The van der Waals surface area contributed by atoms with Crippen molar-refractivity contribution in [1.82, 2.24) is 0 Å². The van der Waals surface area contributed by atoms with E-state index in [0.29, 0.717) is 11.5 Å². The fourth-order valence-electron chi connectivity index (χ4n) is 2.73. The maximum absolute atomic E-state index is 9.95. The van der Waals surface area contributed by atoms with E-state index in [1.807, 2.05) is 48.5 Å². The molecule has 0 bridgehead atoms. The molecule has 0 spiro atoms. The Morgan fingerprint density at radius 1 is 0.565 bits per heavy atom. The van der Waals surface area contributed by atoms with Crippen LogP contribution < -0.4 is 4.74 Å². The lowest BCUT2D eigenvalue weighted by atomic mass is 10.1. The Morgan fingerprint density at radius 2 is 1.04 bits per heavy atom. The number of fused-ring (bicyclic) bond motifs is 2. The third kappa shape index (κ3) is 2.42. The van der Waals surface area contributed by atoms with E-state index in [-0.39, 0.29) is 11.5 Å². The van der Waals surface area contributed by atoms with E-state index in [1.54, 1.807) is 24.3 Å². The smallest absolute Gasteiger partial charge is 0.128 e. The van der Waals surface area contributed by atoms with Gasteiger partial charge in [-0.2, -0.15) is 0 Å². The molecule has 3 nitrogen and oxygen atoms in total. The molecular weight excluding hydrogens is 288 g/mol. The molecule has 4 aromatic carbocycles. The quantitative estimate of drug-likeness (QED) is 0.535. The summed E-state index contributed by atoms with van der Waals surface area (Å²) in [6.45, 7) is 0. The van der Waals surface area contributed by atoms with E-state index in [0.717, 1.165) is 21.5 Å². The zero-order valence-corrected chi connectivity index (χ0v) is 12.2. The topological polar surface area (TPSA) is 49.7 Å². The fraction of sp³-hybridized carbons (Fsp3) is 0. The molecule has 0 aromatic heterocycles. The summed E-state index contributed by atoms with van der Waals surface area (Å²) in [6, 6.07) is 21.9. The van der Waals surface area contributed by atoms with Gasteiger partial charge in [-0.3, -0.25) is 0 Å². The Kier molecular flexibility index (Phi) is 3.05. The van der Waals surface area contributed by atoms with Crippen LogP contribution >= 0.6 is 0 Å². The molecule has 3 heteroatoms. The Hall–Kier alpha value is -3.20. The second kappa shape index (κ2) is 5.21. The largest absolute Gasteiger partial charge is 0.507 e. The summed E-state index contributed by atoms with van der Waals surface area (Å²) >= 11 is 0. The van der Waals surface area contributed by atoms with Gasteiger partial charge in [-0.15, -0.1) is 0 Å². The van der Waals surface area contributed by atoms with Gasteiger partial charge in [0.15, 0.2) is 0 Å². The van der Waals surface area contributed by atoms with Crippen LogP contribution in [0, 0.1) is 0 Å². The van der Waals surface area contributed by atoms with Crippen LogP contribution in [0.3, 0.4) is 0 Å². The Morgan fingerprint density at radius 3 is 1.52 bits per heavy atom. The highest BCUT2D eigenvalue weighted by Crippen LogP contribution is 2.33. The van der Waals surface area contributed by atoms with Crippen LogP contribution in [-0.4, -0.2) is 10.2 Å². The number of phenolic OH excluding ortho intramolecular Hbond substituents is 2. The van der Waals surface area contributed by atoms with Gasteiger partial charge in [-0.1, -0.05) is 36.4 Å². The number of hydrogen-bond donors (Lipinski definition) is 2. The Labute approximate surface area is 133 Å². The lowest BCUT2D eigenvalue weighted by Crippen LogP contribution is -1.85. The van der Waals surface area contributed by atoms with Gasteiger partial charge in [0, 0.05) is 10.8 Å². The van der Waals surface area contributed by atoms with Crippen LogP contribution in [0.4, 0.5) is 0 Å². The van der Waals surface area contributed by atoms with Gasteiger partial charge in [-0.05, 0) is 47.2 Å². The highest BCUT2D eigenvalue weighted by molar-refractivity contribution is 5.90. The zero-order chi connectivity index (χ0) is 15.8. The lowest BCUT2D eigenvalue weighted by molar-refractivity contribution is 0.474. The molecule has 2 N–H and O–H groups in total.